The predicted molar refractivity (Wildman–Crippen MR) is 86.5 cm³/mol. The molecule has 0 atom stereocenters. The summed E-state index contributed by atoms with van der Waals surface area (Å²) in [5, 5.41) is 17.8. The Morgan fingerprint density at radius 3 is 2.87 bits per heavy atom. The highest BCUT2D eigenvalue weighted by atomic mass is 35.5. The smallest absolute Gasteiger partial charge is 0.246 e. The highest BCUT2D eigenvalue weighted by Crippen LogP contribution is 2.19. The summed E-state index contributed by atoms with van der Waals surface area (Å²) in [7, 11) is 0. The lowest BCUT2D eigenvalue weighted by molar-refractivity contribution is 0.106. The van der Waals surface area contributed by atoms with E-state index in [9.17, 15) is 10.1 Å². The largest absolute Gasteiger partial charge is 0.356 e. The van der Waals surface area contributed by atoms with Gasteiger partial charge in [0, 0.05) is 5.02 Å². The first-order valence-electron chi connectivity index (χ1n) is 6.57. The van der Waals surface area contributed by atoms with Crippen LogP contribution in [0.25, 0.3) is 11.0 Å². The number of nitriles is 1. The van der Waals surface area contributed by atoms with Crippen LogP contribution in [0.1, 0.15) is 10.5 Å². The lowest BCUT2D eigenvalue weighted by Gasteiger charge is -2.01. The second-order valence-corrected chi connectivity index (χ2v) is 4.99. The van der Waals surface area contributed by atoms with Crippen LogP contribution < -0.4 is 5.43 Å². The molecule has 0 fully saturated rings. The Balaban J connectivity index is 1.90. The number of nitrogens with zero attached hydrogens (tertiary/aromatic N) is 3. The van der Waals surface area contributed by atoms with Crippen LogP contribution in [-0.4, -0.2) is 16.7 Å². The molecule has 1 aromatic heterocycles. The lowest BCUT2D eigenvalue weighted by atomic mass is 10.1. The van der Waals surface area contributed by atoms with E-state index >= 15 is 0 Å². The Bertz CT molecular complexity index is 956. The van der Waals surface area contributed by atoms with Gasteiger partial charge < -0.3 is 4.52 Å². The molecular formula is C16H9ClN4O2. The minimum atomic E-state index is -0.619. The van der Waals surface area contributed by atoms with Gasteiger partial charge in [0.2, 0.25) is 11.5 Å². The van der Waals surface area contributed by atoms with E-state index in [2.05, 4.69) is 15.7 Å². The number of fused-ring (bicyclic) bond motifs is 1. The maximum atomic E-state index is 12.4. The van der Waals surface area contributed by atoms with Crippen LogP contribution in [0.15, 0.2) is 58.2 Å². The van der Waals surface area contributed by atoms with Gasteiger partial charge >= 0.3 is 0 Å². The second-order valence-electron chi connectivity index (χ2n) is 4.55. The Morgan fingerprint density at radius 2 is 2.09 bits per heavy atom. The normalized spacial score (nSPS) is 11.2. The molecule has 1 heterocycles. The van der Waals surface area contributed by atoms with Crippen molar-refractivity contribution in [3.63, 3.8) is 0 Å². The summed E-state index contributed by atoms with van der Waals surface area (Å²) in [6.45, 7) is 0. The molecule has 0 aliphatic carbocycles. The summed E-state index contributed by atoms with van der Waals surface area (Å²) in [6, 6.07) is 15.4. The first kappa shape index (κ1) is 14.8. The second kappa shape index (κ2) is 6.30. The highest BCUT2D eigenvalue weighted by Gasteiger charge is 2.21. The Morgan fingerprint density at radius 1 is 1.26 bits per heavy atom. The first-order chi connectivity index (χ1) is 11.2. The minimum Gasteiger partial charge on any atom is -0.356 e. The molecule has 0 radical (unpaired) electrons. The van der Waals surface area contributed by atoms with Crippen LogP contribution in [0.2, 0.25) is 5.02 Å². The van der Waals surface area contributed by atoms with Gasteiger partial charge in [0.1, 0.15) is 6.07 Å². The third kappa shape index (κ3) is 3.05. The van der Waals surface area contributed by atoms with Gasteiger partial charge in [0.15, 0.2) is 11.3 Å². The number of para-hydroxylation sites is 1. The summed E-state index contributed by atoms with van der Waals surface area (Å²) in [5.74, 6) is -0.619. The van der Waals surface area contributed by atoms with Crippen molar-refractivity contribution in [3.8, 4) is 6.07 Å². The van der Waals surface area contributed by atoms with Crippen LogP contribution in [0.4, 0.5) is 5.69 Å². The van der Waals surface area contributed by atoms with Gasteiger partial charge in [-0.2, -0.15) is 10.4 Å². The number of hydrogen-bond acceptors (Lipinski definition) is 6. The molecule has 0 saturated heterocycles. The van der Waals surface area contributed by atoms with E-state index in [0.717, 1.165) is 0 Å². The van der Waals surface area contributed by atoms with Crippen molar-refractivity contribution in [1.82, 2.24) is 5.16 Å². The Labute approximate surface area is 136 Å². The molecule has 3 rings (SSSR count). The maximum absolute atomic E-state index is 12.4. The zero-order chi connectivity index (χ0) is 16.2. The standard InChI is InChI=1S/C16H9ClN4O2/c17-10-4-3-5-11(8-10)19-20-13(9-18)16(22)15-12-6-1-2-7-14(12)23-21-15/h1-8,19H. The van der Waals surface area contributed by atoms with Crippen molar-refractivity contribution in [1.29, 1.82) is 5.26 Å². The number of halogens is 1. The number of hydrazone groups is 1. The van der Waals surface area contributed by atoms with Crippen LogP contribution in [0.3, 0.4) is 0 Å². The van der Waals surface area contributed by atoms with Crippen LogP contribution >= 0.6 is 11.6 Å². The van der Waals surface area contributed by atoms with E-state index in [0.29, 0.717) is 21.7 Å². The number of benzene rings is 2. The topological polar surface area (TPSA) is 91.3 Å². The molecule has 2 aromatic carbocycles. The number of hydrogen-bond donors (Lipinski definition) is 1. The molecule has 3 aromatic rings. The van der Waals surface area contributed by atoms with Gasteiger partial charge in [-0.15, -0.1) is 0 Å². The van der Waals surface area contributed by atoms with Gasteiger partial charge in [0.05, 0.1) is 11.1 Å². The maximum Gasteiger partial charge on any atom is 0.246 e. The Kier molecular flexibility index (Phi) is 4.04. The molecule has 7 heteroatoms. The van der Waals surface area contributed by atoms with Gasteiger partial charge in [-0.3, -0.25) is 10.2 Å². The number of ketones is 1. The van der Waals surface area contributed by atoms with E-state index < -0.39 is 5.78 Å². The summed E-state index contributed by atoms with van der Waals surface area (Å²) in [5.41, 5.74) is 3.38. The molecule has 0 aliphatic rings. The molecule has 0 unspecified atom stereocenters. The van der Waals surface area contributed by atoms with Gasteiger partial charge in [-0.25, -0.2) is 0 Å². The number of rotatable bonds is 4. The van der Waals surface area contributed by atoms with Crippen LogP contribution in [-0.2, 0) is 0 Å². The number of anilines is 1. The van der Waals surface area contributed by atoms with Crippen molar-refractivity contribution in [2.45, 2.75) is 0 Å². The van der Waals surface area contributed by atoms with E-state index in [1.54, 1.807) is 54.6 Å². The molecule has 1 N–H and O–H groups in total. The van der Waals surface area contributed by atoms with Crippen molar-refractivity contribution in [3.05, 3.63) is 59.2 Å². The van der Waals surface area contributed by atoms with Crippen molar-refractivity contribution < 1.29 is 9.32 Å². The fraction of sp³-hybridized carbons (Fsp3) is 0. The van der Waals surface area contributed by atoms with Gasteiger partial charge in [-0.05, 0) is 30.3 Å². The number of Topliss-reactive ketones (excluding diaryl/α,β-unsaturated/α-hetero) is 1. The van der Waals surface area contributed by atoms with Crippen LogP contribution in [0.5, 0.6) is 0 Å². The van der Waals surface area contributed by atoms with E-state index in [1.165, 1.54) is 0 Å². The van der Waals surface area contributed by atoms with E-state index in [1.807, 2.05) is 0 Å². The molecule has 0 saturated carbocycles. The van der Waals surface area contributed by atoms with Crippen molar-refractivity contribution in [2.24, 2.45) is 5.10 Å². The summed E-state index contributed by atoms with van der Waals surface area (Å²) >= 11 is 5.86. The van der Waals surface area contributed by atoms with E-state index in [4.69, 9.17) is 16.1 Å². The molecule has 0 aliphatic heterocycles. The molecule has 0 spiro atoms. The predicted octanol–water partition coefficient (Wildman–Crippen LogP) is 3.66. The molecule has 23 heavy (non-hydrogen) atoms. The average molecular weight is 325 g/mol. The SMILES string of the molecule is N#CC(=NNc1cccc(Cl)c1)C(=O)c1noc2ccccc12. The summed E-state index contributed by atoms with van der Waals surface area (Å²) in [6.07, 6.45) is 0. The van der Waals surface area contributed by atoms with Gasteiger partial charge in [0.25, 0.3) is 0 Å². The fourth-order valence-corrected chi connectivity index (χ4v) is 2.16. The third-order valence-corrected chi connectivity index (χ3v) is 3.27. The van der Waals surface area contributed by atoms with E-state index in [-0.39, 0.29) is 11.4 Å². The first-order valence-corrected chi connectivity index (χ1v) is 6.95. The summed E-state index contributed by atoms with van der Waals surface area (Å²) < 4.78 is 5.07. The zero-order valence-electron chi connectivity index (χ0n) is 11.7. The number of nitrogens with one attached hydrogen (secondary N) is 1. The molecule has 6 nitrogen and oxygen atoms in total. The number of aromatic nitrogens is 1. The highest BCUT2D eigenvalue weighted by molar-refractivity contribution is 6.52. The zero-order valence-corrected chi connectivity index (χ0v) is 12.4. The summed E-state index contributed by atoms with van der Waals surface area (Å²) in [4.78, 5) is 12.4. The number of carbonyl (C=O) groups excluding carboxylic acids is 1. The average Bonchev–Trinajstić information content (AvgIpc) is 2.99. The monoisotopic (exact) mass is 324 g/mol. The molecule has 0 amide bonds. The Hall–Kier alpha value is -3.17. The quantitative estimate of drug-likeness (QED) is 0.449. The molecule has 0 bridgehead atoms. The van der Waals surface area contributed by atoms with Crippen molar-refractivity contribution >= 4 is 39.8 Å². The molecular weight excluding hydrogens is 316 g/mol. The van der Waals surface area contributed by atoms with Gasteiger partial charge in [-0.1, -0.05) is 35.0 Å². The van der Waals surface area contributed by atoms with Crippen molar-refractivity contribution in [2.75, 3.05) is 5.43 Å². The fourth-order valence-electron chi connectivity index (χ4n) is 1.97. The number of carbonyl (C=O) groups is 1. The lowest BCUT2D eigenvalue weighted by Crippen LogP contribution is -2.15. The third-order valence-electron chi connectivity index (χ3n) is 3.03. The minimum absolute atomic E-state index is 0.0498. The van der Waals surface area contributed by atoms with Crippen LogP contribution in [0, 0.1) is 11.3 Å². The molecule has 112 valence electrons.